The van der Waals surface area contributed by atoms with Crippen molar-refractivity contribution in [1.82, 2.24) is 14.8 Å². The Hall–Kier alpha value is -2.65. The molecule has 156 valence electrons. The molecule has 1 amide bonds. The highest BCUT2D eigenvalue weighted by Gasteiger charge is 2.17. The number of carbonyl (C=O) groups excluding carboxylic acids is 1. The molecule has 4 aromatic rings. The van der Waals surface area contributed by atoms with Crippen LogP contribution in [0.25, 0.3) is 17.1 Å². The number of nitrogens with one attached hydrogen (secondary N) is 1. The third-order valence-electron chi connectivity index (χ3n) is 4.75. The molecule has 0 saturated heterocycles. The molecule has 0 aliphatic carbocycles. The van der Waals surface area contributed by atoms with Gasteiger partial charge in [0, 0.05) is 20.5 Å². The van der Waals surface area contributed by atoms with Gasteiger partial charge in [-0.15, -0.1) is 10.2 Å². The number of aryl methyl sites for hydroxylation is 2. The van der Waals surface area contributed by atoms with Gasteiger partial charge in [0.15, 0.2) is 11.0 Å². The Morgan fingerprint density at radius 1 is 1.00 bits per heavy atom. The number of hydrogen-bond acceptors (Lipinski definition) is 4. The lowest BCUT2D eigenvalue weighted by molar-refractivity contribution is -0.113. The monoisotopic (exact) mass is 540 g/mol. The fourth-order valence-corrected chi connectivity index (χ4v) is 4.55. The van der Waals surface area contributed by atoms with E-state index in [1.54, 1.807) is 0 Å². The summed E-state index contributed by atoms with van der Waals surface area (Å²) in [7, 11) is 0. The Kier molecular flexibility index (Phi) is 6.72. The molecular weight excluding hydrogens is 519 g/mol. The van der Waals surface area contributed by atoms with Crippen molar-refractivity contribution in [3.05, 3.63) is 87.5 Å². The largest absolute Gasteiger partial charge is 0.325 e. The third-order valence-corrected chi connectivity index (χ3v) is 6.35. The van der Waals surface area contributed by atoms with Crippen molar-refractivity contribution < 1.29 is 4.79 Å². The van der Waals surface area contributed by atoms with Crippen LogP contribution in [0.3, 0.4) is 0 Å². The summed E-state index contributed by atoms with van der Waals surface area (Å²) in [6.45, 7) is 4.05. The molecule has 0 aliphatic rings. The summed E-state index contributed by atoms with van der Waals surface area (Å²) in [5, 5.41) is 12.5. The van der Waals surface area contributed by atoms with Gasteiger partial charge in [0.25, 0.3) is 0 Å². The summed E-state index contributed by atoms with van der Waals surface area (Å²) in [4.78, 5) is 12.6. The predicted octanol–water partition coefficient (Wildman–Crippen LogP) is 5.89. The summed E-state index contributed by atoms with van der Waals surface area (Å²) < 4.78 is 3.14. The van der Waals surface area contributed by atoms with Crippen LogP contribution in [0.5, 0.6) is 0 Å². The molecule has 0 fully saturated rings. The number of rotatable bonds is 6. The van der Waals surface area contributed by atoms with E-state index in [1.807, 2.05) is 72.2 Å². The standard InChI is InChI=1S/C24H21IN4OS/c1-16-8-11-20(12-9-16)29-23(18-6-4-3-5-7-18)27-28-24(29)31-15-22(30)26-21-13-10-19(25)14-17(21)2/h3-14H,15H2,1-2H3,(H,26,30). The van der Waals surface area contributed by atoms with Gasteiger partial charge in [-0.25, -0.2) is 0 Å². The maximum absolute atomic E-state index is 12.6. The molecule has 7 heteroatoms. The first kappa shape index (κ1) is 21.6. The predicted molar refractivity (Wildman–Crippen MR) is 135 cm³/mol. The third kappa shape index (κ3) is 5.16. The van der Waals surface area contributed by atoms with Crippen LogP contribution >= 0.6 is 34.4 Å². The number of aromatic nitrogens is 3. The molecule has 3 aromatic carbocycles. The van der Waals surface area contributed by atoms with Crippen molar-refractivity contribution in [2.75, 3.05) is 11.1 Å². The highest BCUT2D eigenvalue weighted by molar-refractivity contribution is 14.1. The summed E-state index contributed by atoms with van der Waals surface area (Å²) >= 11 is 3.64. The van der Waals surface area contributed by atoms with Gasteiger partial charge in [0.1, 0.15) is 0 Å². The van der Waals surface area contributed by atoms with E-state index in [2.05, 4.69) is 57.2 Å². The molecular formula is C24H21IN4OS. The van der Waals surface area contributed by atoms with Crippen molar-refractivity contribution in [3.8, 4) is 17.1 Å². The quantitative estimate of drug-likeness (QED) is 0.245. The van der Waals surface area contributed by atoms with Crippen molar-refractivity contribution in [3.63, 3.8) is 0 Å². The molecule has 0 unspecified atom stereocenters. The maximum Gasteiger partial charge on any atom is 0.234 e. The molecule has 0 radical (unpaired) electrons. The second-order valence-electron chi connectivity index (χ2n) is 7.14. The highest BCUT2D eigenvalue weighted by atomic mass is 127. The molecule has 0 aliphatic heterocycles. The molecule has 31 heavy (non-hydrogen) atoms. The lowest BCUT2D eigenvalue weighted by Gasteiger charge is -2.11. The van der Waals surface area contributed by atoms with Crippen LogP contribution in [0.4, 0.5) is 5.69 Å². The van der Waals surface area contributed by atoms with Crippen LogP contribution in [0.1, 0.15) is 11.1 Å². The van der Waals surface area contributed by atoms with E-state index in [9.17, 15) is 4.79 Å². The number of nitrogens with zero attached hydrogens (tertiary/aromatic N) is 3. The summed E-state index contributed by atoms with van der Waals surface area (Å²) in [5.41, 5.74) is 4.99. The van der Waals surface area contributed by atoms with Gasteiger partial charge in [-0.3, -0.25) is 9.36 Å². The lowest BCUT2D eigenvalue weighted by Crippen LogP contribution is -2.15. The topological polar surface area (TPSA) is 59.8 Å². The van der Waals surface area contributed by atoms with E-state index in [4.69, 9.17) is 0 Å². The second kappa shape index (κ2) is 9.65. The van der Waals surface area contributed by atoms with Gasteiger partial charge < -0.3 is 5.32 Å². The van der Waals surface area contributed by atoms with Gasteiger partial charge in [0.05, 0.1) is 5.75 Å². The Balaban J connectivity index is 1.58. The zero-order valence-electron chi connectivity index (χ0n) is 17.2. The highest BCUT2D eigenvalue weighted by Crippen LogP contribution is 2.28. The van der Waals surface area contributed by atoms with E-state index in [1.165, 1.54) is 17.3 Å². The average molecular weight is 540 g/mol. The summed E-state index contributed by atoms with van der Waals surface area (Å²) in [6, 6.07) is 24.1. The number of thioether (sulfide) groups is 1. The average Bonchev–Trinajstić information content (AvgIpc) is 3.19. The molecule has 1 N–H and O–H groups in total. The van der Waals surface area contributed by atoms with Crippen LogP contribution in [-0.4, -0.2) is 26.4 Å². The smallest absolute Gasteiger partial charge is 0.234 e. The maximum atomic E-state index is 12.6. The van der Waals surface area contributed by atoms with Gasteiger partial charge in [-0.2, -0.15) is 0 Å². The first-order chi connectivity index (χ1) is 15.0. The first-order valence-electron chi connectivity index (χ1n) is 9.78. The van der Waals surface area contributed by atoms with E-state index < -0.39 is 0 Å². The SMILES string of the molecule is Cc1ccc(-n2c(SCC(=O)Nc3ccc(I)cc3C)nnc2-c2ccccc2)cc1. The molecule has 1 aromatic heterocycles. The lowest BCUT2D eigenvalue weighted by atomic mass is 10.2. The fraction of sp³-hybridized carbons (Fsp3) is 0.125. The molecule has 0 spiro atoms. The number of anilines is 1. The zero-order chi connectivity index (χ0) is 21.8. The minimum Gasteiger partial charge on any atom is -0.325 e. The van der Waals surface area contributed by atoms with Gasteiger partial charge >= 0.3 is 0 Å². The Morgan fingerprint density at radius 3 is 2.45 bits per heavy atom. The van der Waals surface area contributed by atoms with Gasteiger partial charge in [-0.05, 0) is 72.3 Å². The second-order valence-corrected chi connectivity index (χ2v) is 9.33. The van der Waals surface area contributed by atoms with E-state index in [0.717, 1.165) is 31.9 Å². The summed E-state index contributed by atoms with van der Waals surface area (Å²) in [5.74, 6) is 0.916. The molecule has 4 rings (SSSR count). The molecule has 0 atom stereocenters. The van der Waals surface area contributed by atoms with Crippen LogP contribution in [0.15, 0.2) is 78.0 Å². The van der Waals surface area contributed by atoms with E-state index in [-0.39, 0.29) is 11.7 Å². The molecule has 0 bridgehead atoms. The first-order valence-corrected chi connectivity index (χ1v) is 11.8. The van der Waals surface area contributed by atoms with Crippen molar-refractivity contribution in [1.29, 1.82) is 0 Å². The normalized spacial score (nSPS) is 10.8. The Bertz CT molecular complexity index is 1210. The fourth-order valence-electron chi connectivity index (χ4n) is 3.15. The van der Waals surface area contributed by atoms with Crippen LogP contribution in [0.2, 0.25) is 0 Å². The van der Waals surface area contributed by atoms with Gasteiger partial charge in [-0.1, -0.05) is 59.8 Å². The molecule has 0 saturated carbocycles. The van der Waals surface area contributed by atoms with Crippen LogP contribution < -0.4 is 5.32 Å². The number of halogens is 1. The number of carbonyl (C=O) groups is 1. The number of hydrogen-bond donors (Lipinski definition) is 1. The number of benzene rings is 3. The minimum absolute atomic E-state index is 0.0750. The Morgan fingerprint density at radius 2 is 1.74 bits per heavy atom. The van der Waals surface area contributed by atoms with Crippen molar-refractivity contribution in [2.45, 2.75) is 19.0 Å². The number of amides is 1. The van der Waals surface area contributed by atoms with E-state index >= 15 is 0 Å². The molecule has 5 nitrogen and oxygen atoms in total. The van der Waals surface area contributed by atoms with Crippen molar-refractivity contribution in [2.24, 2.45) is 0 Å². The molecule has 1 heterocycles. The Labute approximate surface area is 199 Å². The zero-order valence-corrected chi connectivity index (χ0v) is 20.1. The van der Waals surface area contributed by atoms with Crippen LogP contribution in [-0.2, 0) is 4.79 Å². The minimum atomic E-state index is -0.0750. The van der Waals surface area contributed by atoms with Crippen molar-refractivity contribution >= 4 is 45.9 Å². The summed E-state index contributed by atoms with van der Waals surface area (Å²) in [6.07, 6.45) is 0. The van der Waals surface area contributed by atoms with Crippen LogP contribution in [0, 0.1) is 17.4 Å². The van der Waals surface area contributed by atoms with Gasteiger partial charge in [0.2, 0.25) is 5.91 Å². The van der Waals surface area contributed by atoms with E-state index in [0.29, 0.717) is 5.16 Å².